The molecule has 0 spiro atoms. The molecule has 28 heavy (non-hydrogen) atoms. The monoisotopic (exact) mass is 393 g/mol. The molecule has 0 unspecified atom stereocenters. The molecule has 2 aromatic carbocycles. The van der Waals surface area contributed by atoms with Gasteiger partial charge in [0.15, 0.2) is 0 Å². The summed E-state index contributed by atoms with van der Waals surface area (Å²) in [7, 11) is 0. The Labute approximate surface area is 158 Å². The largest absolute Gasteiger partial charge is 0.416 e. The van der Waals surface area contributed by atoms with Crippen molar-refractivity contribution in [2.75, 3.05) is 6.54 Å². The first kappa shape index (κ1) is 20.9. The van der Waals surface area contributed by atoms with Crippen LogP contribution in [0.3, 0.4) is 0 Å². The third kappa shape index (κ3) is 6.11. The van der Waals surface area contributed by atoms with Crippen molar-refractivity contribution in [3.05, 3.63) is 71.3 Å². The second-order valence-electron chi connectivity index (χ2n) is 5.97. The highest BCUT2D eigenvalue weighted by molar-refractivity contribution is 5.97. The number of amides is 3. The van der Waals surface area contributed by atoms with E-state index in [0.29, 0.717) is 11.1 Å². The number of carbonyl (C=O) groups excluding carboxylic acids is 3. The molecule has 2 aromatic rings. The number of rotatable bonds is 7. The normalized spacial score (nSPS) is 12.1. The molecule has 0 radical (unpaired) electrons. The predicted molar refractivity (Wildman–Crippen MR) is 95.0 cm³/mol. The second-order valence-corrected chi connectivity index (χ2v) is 5.97. The minimum atomic E-state index is -4.47. The van der Waals surface area contributed by atoms with Gasteiger partial charge in [0.05, 0.1) is 12.1 Å². The molecule has 0 aliphatic carbocycles. The molecule has 0 saturated heterocycles. The van der Waals surface area contributed by atoms with E-state index in [9.17, 15) is 27.6 Å². The van der Waals surface area contributed by atoms with Gasteiger partial charge >= 0.3 is 6.18 Å². The quantitative estimate of drug-likeness (QED) is 0.667. The Kier molecular flexibility index (Phi) is 6.75. The number of hydrogen-bond acceptors (Lipinski definition) is 3. The molecule has 0 aliphatic heterocycles. The van der Waals surface area contributed by atoms with Crippen molar-refractivity contribution < 1.29 is 27.6 Å². The third-order valence-electron chi connectivity index (χ3n) is 3.85. The number of alkyl halides is 3. The van der Waals surface area contributed by atoms with Crippen molar-refractivity contribution in [2.45, 2.75) is 18.6 Å². The zero-order valence-corrected chi connectivity index (χ0v) is 14.6. The summed E-state index contributed by atoms with van der Waals surface area (Å²) >= 11 is 0. The van der Waals surface area contributed by atoms with Gasteiger partial charge in [-0.05, 0) is 29.8 Å². The molecule has 0 fully saturated rings. The van der Waals surface area contributed by atoms with Gasteiger partial charge in [-0.1, -0.05) is 30.3 Å². The van der Waals surface area contributed by atoms with Crippen molar-refractivity contribution in [1.29, 1.82) is 0 Å². The molecule has 9 heteroatoms. The zero-order chi connectivity index (χ0) is 20.7. The lowest BCUT2D eigenvalue weighted by Gasteiger charge is -2.16. The fourth-order valence-corrected chi connectivity index (χ4v) is 2.39. The molecule has 0 saturated carbocycles. The van der Waals surface area contributed by atoms with Crippen LogP contribution < -0.4 is 16.4 Å². The maximum absolute atomic E-state index is 12.6. The maximum atomic E-state index is 12.6. The van der Waals surface area contributed by atoms with Crippen LogP contribution in [0.4, 0.5) is 13.2 Å². The lowest BCUT2D eigenvalue weighted by Crippen LogP contribution is -2.49. The second kappa shape index (κ2) is 9.03. The van der Waals surface area contributed by atoms with E-state index in [0.717, 1.165) is 12.1 Å². The molecule has 3 amide bonds. The first-order valence-electron chi connectivity index (χ1n) is 8.25. The number of nitrogens with two attached hydrogens (primary N) is 1. The van der Waals surface area contributed by atoms with E-state index in [4.69, 9.17) is 5.73 Å². The molecule has 0 aliphatic rings. The SMILES string of the molecule is NC(=O)[C@@H](Cc1ccc(C(F)(F)F)cc1)NC(=O)CNC(=O)c1ccccc1. The van der Waals surface area contributed by atoms with Gasteiger partial charge in [0.25, 0.3) is 5.91 Å². The Bertz CT molecular complexity index is 837. The number of benzene rings is 2. The zero-order valence-electron chi connectivity index (χ0n) is 14.6. The van der Waals surface area contributed by atoms with Gasteiger partial charge < -0.3 is 16.4 Å². The van der Waals surface area contributed by atoms with E-state index >= 15 is 0 Å². The predicted octanol–water partition coefficient (Wildman–Crippen LogP) is 1.65. The standard InChI is InChI=1S/C19H18F3N3O3/c20-19(21,22)14-8-6-12(7-9-14)10-15(17(23)27)25-16(26)11-24-18(28)13-4-2-1-3-5-13/h1-9,15H,10-11H2,(H2,23,27)(H,24,28)(H,25,26)/t15-/m1/s1. The summed E-state index contributed by atoms with van der Waals surface area (Å²) in [5, 5.41) is 4.77. The molecule has 0 aromatic heterocycles. The lowest BCUT2D eigenvalue weighted by atomic mass is 10.0. The topological polar surface area (TPSA) is 101 Å². The third-order valence-corrected chi connectivity index (χ3v) is 3.85. The molecule has 4 N–H and O–H groups in total. The van der Waals surface area contributed by atoms with Crippen LogP contribution in [0.15, 0.2) is 54.6 Å². The van der Waals surface area contributed by atoms with E-state index in [2.05, 4.69) is 10.6 Å². The van der Waals surface area contributed by atoms with Crippen LogP contribution in [-0.4, -0.2) is 30.3 Å². The number of carbonyl (C=O) groups is 3. The van der Waals surface area contributed by atoms with Gasteiger partial charge in [-0.25, -0.2) is 0 Å². The van der Waals surface area contributed by atoms with Crippen LogP contribution in [0.25, 0.3) is 0 Å². The first-order valence-corrected chi connectivity index (χ1v) is 8.25. The smallest absolute Gasteiger partial charge is 0.368 e. The van der Waals surface area contributed by atoms with Crippen LogP contribution in [0.2, 0.25) is 0 Å². The van der Waals surface area contributed by atoms with Gasteiger partial charge in [0.1, 0.15) is 6.04 Å². The van der Waals surface area contributed by atoms with Crippen molar-refractivity contribution >= 4 is 17.7 Å². The van der Waals surface area contributed by atoms with E-state index in [1.807, 2.05) is 0 Å². The van der Waals surface area contributed by atoms with E-state index < -0.39 is 35.5 Å². The maximum Gasteiger partial charge on any atom is 0.416 e. The number of nitrogens with one attached hydrogen (secondary N) is 2. The number of halogens is 3. The van der Waals surface area contributed by atoms with Gasteiger partial charge in [-0.3, -0.25) is 14.4 Å². The molecule has 6 nitrogen and oxygen atoms in total. The van der Waals surface area contributed by atoms with Crippen LogP contribution in [0.1, 0.15) is 21.5 Å². The summed E-state index contributed by atoms with van der Waals surface area (Å²) in [5.74, 6) is -1.96. The molecule has 1 atom stereocenters. The van der Waals surface area contributed by atoms with Gasteiger partial charge in [-0.2, -0.15) is 13.2 Å². The molecule has 0 heterocycles. The Balaban J connectivity index is 1.92. The molecular formula is C19H18F3N3O3. The fraction of sp³-hybridized carbons (Fsp3) is 0.211. The Hall–Kier alpha value is -3.36. The van der Waals surface area contributed by atoms with Crippen LogP contribution in [0.5, 0.6) is 0 Å². The van der Waals surface area contributed by atoms with Crippen LogP contribution >= 0.6 is 0 Å². The Morgan fingerprint density at radius 1 is 0.964 bits per heavy atom. The average molecular weight is 393 g/mol. The fourth-order valence-electron chi connectivity index (χ4n) is 2.39. The summed E-state index contributed by atoms with van der Waals surface area (Å²) in [4.78, 5) is 35.5. The summed E-state index contributed by atoms with van der Waals surface area (Å²) in [6.45, 7) is -0.384. The van der Waals surface area contributed by atoms with Crippen molar-refractivity contribution in [3.8, 4) is 0 Å². The highest BCUT2D eigenvalue weighted by atomic mass is 19.4. The summed E-state index contributed by atoms with van der Waals surface area (Å²) < 4.78 is 37.8. The molecule has 0 bridgehead atoms. The van der Waals surface area contributed by atoms with Crippen molar-refractivity contribution in [1.82, 2.24) is 10.6 Å². The summed E-state index contributed by atoms with van der Waals surface area (Å²) in [5.41, 5.74) is 5.20. The van der Waals surface area contributed by atoms with E-state index in [1.54, 1.807) is 30.3 Å². The van der Waals surface area contributed by atoms with E-state index in [1.165, 1.54) is 12.1 Å². The van der Waals surface area contributed by atoms with Gasteiger partial charge in [-0.15, -0.1) is 0 Å². The molecule has 148 valence electrons. The minimum Gasteiger partial charge on any atom is -0.368 e. The first-order chi connectivity index (χ1) is 13.2. The molecule has 2 rings (SSSR count). The Morgan fingerprint density at radius 3 is 2.11 bits per heavy atom. The van der Waals surface area contributed by atoms with Gasteiger partial charge in [0.2, 0.25) is 11.8 Å². The van der Waals surface area contributed by atoms with Crippen LogP contribution in [-0.2, 0) is 22.2 Å². The number of hydrogen-bond donors (Lipinski definition) is 3. The molecular weight excluding hydrogens is 375 g/mol. The summed E-state index contributed by atoms with van der Waals surface area (Å²) in [6.07, 6.45) is -4.54. The highest BCUT2D eigenvalue weighted by Crippen LogP contribution is 2.29. The van der Waals surface area contributed by atoms with Crippen molar-refractivity contribution in [3.63, 3.8) is 0 Å². The lowest BCUT2D eigenvalue weighted by molar-refractivity contribution is -0.137. The summed E-state index contributed by atoms with van der Waals surface area (Å²) in [6, 6.07) is 11.3. The number of primary amides is 1. The Morgan fingerprint density at radius 2 is 1.57 bits per heavy atom. The average Bonchev–Trinajstić information content (AvgIpc) is 2.66. The van der Waals surface area contributed by atoms with Crippen LogP contribution in [0, 0.1) is 0 Å². The minimum absolute atomic E-state index is 0.0775. The van der Waals surface area contributed by atoms with Gasteiger partial charge in [0, 0.05) is 12.0 Å². The van der Waals surface area contributed by atoms with Crippen molar-refractivity contribution in [2.24, 2.45) is 5.73 Å². The van der Waals surface area contributed by atoms with E-state index in [-0.39, 0.29) is 13.0 Å². The highest BCUT2D eigenvalue weighted by Gasteiger charge is 2.30.